The molecule has 0 rings (SSSR count). The minimum atomic E-state index is -0.727. The molecule has 3 N–H and O–H groups in total. The maximum Gasteiger partial charge on any atom is 0.332 e. The largest absolute Gasteiger partial charge is 0.350 e. The van der Waals surface area contributed by atoms with E-state index < -0.39 is 6.03 Å². The maximum absolute atomic E-state index is 10.1. The van der Waals surface area contributed by atoms with Gasteiger partial charge in [-0.05, 0) is 13.8 Å². The van der Waals surface area contributed by atoms with Crippen LogP contribution in [0.25, 0.3) is 0 Å². The third kappa shape index (κ3) is 3.92. The number of urea groups is 1. The first kappa shape index (κ1) is 9.43. The molecule has 0 heterocycles. The molecule has 0 aromatic heterocycles. The van der Waals surface area contributed by atoms with Gasteiger partial charge in [-0.15, -0.1) is 0 Å². The lowest BCUT2D eigenvalue weighted by Crippen LogP contribution is -2.26. The van der Waals surface area contributed by atoms with Crippen LogP contribution in [0.1, 0.15) is 13.8 Å². The van der Waals surface area contributed by atoms with E-state index in [2.05, 4.69) is 5.10 Å². The van der Waals surface area contributed by atoms with Crippen molar-refractivity contribution in [3.8, 4) is 6.07 Å². The van der Waals surface area contributed by atoms with Crippen LogP contribution in [-0.4, -0.2) is 11.7 Å². The van der Waals surface area contributed by atoms with Crippen molar-refractivity contribution in [2.45, 2.75) is 13.8 Å². The molecule has 1 atom stereocenters. The van der Waals surface area contributed by atoms with E-state index >= 15 is 0 Å². The van der Waals surface area contributed by atoms with E-state index in [-0.39, 0.29) is 5.92 Å². The molecule has 0 saturated heterocycles. The SMILES string of the molecule is C/C(=N\NC(N)=O)C(C)C#N. The van der Waals surface area contributed by atoms with Gasteiger partial charge in [0.05, 0.1) is 17.7 Å². The molecular formula is C6H10N4O. The molecule has 0 aliphatic rings. The normalized spacial score (nSPS) is 13.4. The van der Waals surface area contributed by atoms with Gasteiger partial charge < -0.3 is 5.73 Å². The minimum absolute atomic E-state index is 0.304. The van der Waals surface area contributed by atoms with Gasteiger partial charge in [0, 0.05) is 0 Å². The number of hydrazone groups is 1. The van der Waals surface area contributed by atoms with Gasteiger partial charge >= 0.3 is 6.03 Å². The van der Waals surface area contributed by atoms with Gasteiger partial charge in [0.2, 0.25) is 0 Å². The zero-order valence-electron chi connectivity index (χ0n) is 6.46. The van der Waals surface area contributed by atoms with E-state index in [1.165, 1.54) is 0 Å². The Labute approximate surface area is 64.9 Å². The average molecular weight is 154 g/mol. The highest BCUT2D eigenvalue weighted by Crippen LogP contribution is 1.94. The smallest absolute Gasteiger partial charge is 0.332 e. The van der Waals surface area contributed by atoms with Gasteiger partial charge in [-0.25, -0.2) is 10.2 Å². The first-order valence-corrected chi connectivity index (χ1v) is 3.07. The first-order valence-electron chi connectivity index (χ1n) is 3.07. The quantitative estimate of drug-likeness (QED) is 0.439. The standard InChI is InChI=1S/C6H10N4O/c1-4(3-7)5(2)9-10-6(8)11/h4H,1-2H3,(H3,8,10,11)/b9-5+. The average Bonchev–Trinajstić information content (AvgIpc) is 1.98. The van der Waals surface area contributed by atoms with Crippen molar-refractivity contribution in [2.24, 2.45) is 16.8 Å². The number of nitrogens with zero attached hydrogens (tertiary/aromatic N) is 2. The molecule has 0 aliphatic carbocycles. The summed E-state index contributed by atoms with van der Waals surface area (Å²) in [5.74, 6) is -0.304. The molecule has 0 bridgehead atoms. The van der Waals surface area contributed by atoms with Crippen molar-refractivity contribution in [1.82, 2.24) is 5.43 Å². The molecule has 2 amide bonds. The summed E-state index contributed by atoms with van der Waals surface area (Å²) in [6, 6.07) is 1.24. The van der Waals surface area contributed by atoms with Crippen LogP contribution in [0.3, 0.4) is 0 Å². The highest BCUT2D eigenvalue weighted by atomic mass is 16.2. The van der Waals surface area contributed by atoms with Crippen LogP contribution in [0.4, 0.5) is 4.79 Å². The summed E-state index contributed by atoms with van der Waals surface area (Å²) >= 11 is 0. The fourth-order valence-corrected chi connectivity index (χ4v) is 0.334. The number of carbonyl (C=O) groups excluding carboxylic acids is 1. The summed E-state index contributed by atoms with van der Waals surface area (Å²) in [5, 5.41) is 12.0. The molecule has 1 unspecified atom stereocenters. The summed E-state index contributed by atoms with van der Waals surface area (Å²) in [7, 11) is 0. The van der Waals surface area contributed by atoms with E-state index in [1.54, 1.807) is 13.8 Å². The predicted octanol–water partition coefficient (Wildman–Crippen LogP) is 0.190. The van der Waals surface area contributed by atoms with Crippen molar-refractivity contribution in [3.05, 3.63) is 0 Å². The second-order valence-electron chi connectivity index (χ2n) is 2.08. The van der Waals surface area contributed by atoms with E-state index in [0.29, 0.717) is 5.71 Å². The minimum Gasteiger partial charge on any atom is -0.350 e. The van der Waals surface area contributed by atoms with Crippen LogP contribution in [0.5, 0.6) is 0 Å². The predicted molar refractivity (Wildman–Crippen MR) is 40.6 cm³/mol. The number of nitriles is 1. The van der Waals surface area contributed by atoms with Crippen LogP contribution < -0.4 is 11.2 Å². The zero-order valence-corrected chi connectivity index (χ0v) is 6.46. The van der Waals surface area contributed by atoms with E-state index in [9.17, 15) is 4.79 Å². The van der Waals surface area contributed by atoms with E-state index in [1.807, 2.05) is 11.5 Å². The maximum atomic E-state index is 10.1. The number of hydrogen-bond donors (Lipinski definition) is 2. The molecule has 0 spiro atoms. The Morgan fingerprint density at radius 3 is 2.73 bits per heavy atom. The lowest BCUT2D eigenvalue weighted by Gasteiger charge is -1.99. The second kappa shape index (κ2) is 4.28. The van der Waals surface area contributed by atoms with Crippen molar-refractivity contribution >= 4 is 11.7 Å². The third-order valence-electron chi connectivity index (χ3n) is 1.16. The third-order valence-corrected chi connectivity index (χ3v) is 1.16. The van der Waals surface area contributed by atoms with Gasteiger partial charge in [0.25, 0.3) is 0 Å². The van der Waals surface area contributed by atoms with Crippen LogP contribution in [0, 0.1) is 17.2 Å². The fourth-order valence-electron chi connectivity index (χ4n) is 0.334. The zero-order chi connectivity index (χ0) is 8.85. The van der Waals surface area contributed by atoms with Gasteiger partial charge in [0.1, 0.15) is 0 Å². The molecule has 0 aliphatic heterocycles. The van der Waals surface area contributed by atoms with Crippen molar-refractivity contribution in [1.29, 1.82) is 5.26 Å². The molecule has 60 valence electrons. The Morgan fingerprint density at radius 2 is 2.36 bits per heavy atom. The lowest BCUT2D eigenvalue weighted by molar-refractivity contribution is 0.249. The van der Waals surface area contributed by atoms with E-state index in [4.69, 9.17) is 11.0 Å². The molecule has 0 radical (unpaired) electrons. The molecule has 11 heavy (non-hydrogen) atoms. The van der Waals surface area contributed by atoms with Gasteiger partial charge in [0.15, 0.2) is 0 Å². The molecule has 0 saturated carbocycles. The fraction of sp³-hybridized carbons (Fsp3) is 0.500. The Hall–Kier alpha value is -1.57. The Kier molecular flexibility index (Phi) is 3.67. The summed E-state index contributed by atoms with van der Waals surface area (Å²) in [4.78, 5) is 10.1. The van der Waals surface area contributed by atoms with Gasteiger partial charge in [-0.1, -0.05) is 0 Å². The Morgan fingerprint density at radius 1 is 1.82 bits per heavy atom. The van der Waals surface area contributed by atoms with Gasteiger partial charge in [-0.2, -0.15) is 10.4 Å². The van der Waals surface area contributed by atoms with E-state index in [0.717, 1.165) is 0 Å². The second-order valence-corrected chi connectivity index (χ2v) is 2.08. The summed E-state index contributed by atoms with van der Waals surface area (Å²) in [6.45, 7) is 3.32. The van der Waals surface area contributed by atoms with Crippen LogP contribution in [0.15, 0.2) is 5.10 Å². The summed E-state index contributed by atoms with van der Waals surface area (Å²) in [5.41, 5.74) is 7.31. The molecule has 0 aromatic carbocycles. The number of carbonyl (C=O) groups is 1. The number of primary amides is 1. The number of nitrogens with two attached hydrogens (primary N) is 1. The molecule has 0 aromatic rings. The van der Waals surface area contributed by atoms with Crippen molar-refractivity contribution in [2.75, 3.05) is 0 Å². The summed E-state index contributed by atoms with van der Waals surface area (Å²) in [6.07, 6.45) is 0. The number of hydrogen-bond acceptors (Lipinski definition) is 3. The monoisotopic (exact) mass is 154 g/mol. The van der Waals surface area contributed by atoms with Gasteiger partial charge in [-0.3, -0.25) is 0 Å². The van der Waals surface area contributed by atoms with Crippen LogP contribution in [0.2, 0.25) is 0 Å². The molecule has 5 nitrogen and oxygen atoms in total. The number of amides is 2. The summed E-state index contributed by atoms with van der Waals surface area (Å²) < 4.78 is 0. The van der Waals surface area contributed by atoms with Crippen molar-refractivity contribution < 1.29 is 4.79 Å². The Bertz CT molecular complexity index is 215. The molecule has 0 fully saturated rings. The number of rotatable bonds is 2. The van der Waals surface area contributed by atoms with Crippen LogP contribution in [-0.2, 0) is 0 Å². The van der Waals surface area contributed by atoms with Crippen LogP contribution >= 0.6 is 0 Å². The first-order chi connectivity index (χ1) is 5.07. The molecule has 5 heteroatoms. The highest BCUT2D eigenvalue weighted by Gasteiger charge is 2.02. The topological polar surface area (TPSA) is 91.3 Å². The van der Waals surface area contributed by atoms with Crippen molar-refractivity contribution in [3.63, 3.8) is 0 Å². The molecular weight excluding hydrogens is 144 g/mol. The highest BCUT2D eigenvalue weighted by molar-refractivity contribution is 5.87. The number of nitrogens with one attached hydrogen (secondary N) is 1. The lowest BCUT2D eigenvalue weighted by atomic mass is 10.1. The Balaban J connectivity index is 4.02.